The average Bonchev–Trinajstić information content (AvgIpc) is 2.55. The fourth-order valence-corrected chi connectivity index (χ4v) is 2.25. The molecule has 0 atom stereocenters. The highest BCUT2D eigenvalue weighted by molar-refractivity contribution is 5.92. The van der Waals surface area contributed by atoms with Crippen LogP contribution in [-0.2, 0) is 9.59 Å². The topological polar surface area (TPSA) is 67.4 Å². The summed E-state index contributed by atoms with van der Waals surface area (Å²) in [5.41, 5.74) is 2.27. The number of nitrogens with one attached hydrogen (secondary N) is 2. The van der Waals surface area contributed by atoms with Gasteiger partial charge in [0.15, 0.2) is 0 Å². The maximum absolute atomic E-state index is 12.8. The van der Waals surface area contributed by atoms with Gasteiger partial charge < -0.3 is 15.4 Å². The molecule has 0 aliphatic rings. The molecule has 2 rings (SSSR count). The van der Waals surface area contributed by atoms with Crippen LogP contribution in [0.2, 0.25) is 0 Å². The minimum absolute atomic E-state index is 0.116. The third-order valence-corrected chi connectivity index (χ3v) is 3.45. The van der Waals surface area contributed by atoms with Gasteiger partial charge in [-0.05, 0) is 61.4 Å². The van der Waals surface area contributed by atoms with Crippen molar-refractivity contribution in [3.8, 4) is 5.75 Å². The molecule has 6 heteroatoms. The van der Waals surface area contributed by atoms with Gasteiger partial charge in [-0.25, -0.2) is 4.39 Å². The molecule has 0 aliphatic carbocycles. The van der Waals surface area contributed by atoms with E-state index < -0.39 is 0 Å². The molecule has 0 spiro atoms. The van der Waals surface area contributed by atoms with E-state index in [-0.39, 0.29) is 17.6 Å². The highest BCUT2D eigenvalue weighted by Crippen LogP contribution is 2.20. The van der Waals surface area contributed by atoms with Gasteiger partial charge >= 0.3 is 0 Å². The lowest BCUT2D eigenvalue weighted by molar-refractivity contribution is -0.116. The Balaban J connectivity index is 1.75. The van der Waals surface area contributed by atoms with E-state index in [1.54, 1.807) is 30.3 Å². The summed E-state index contributed by atoms with van der Waals surface area (Å²) in [7, 11) is 0. The van der Waals surface area contributed by atoms with Crippen LogP contribution in [-0.4, -0.2) is 18.4 Å². The second kappa shape index (κ2) is 8.82. The fraction of sp³-hybridized carbons (Fsp3) is 0.263. The number of rotatable bonds is 7. The number of halogens is 1. The number of carbonyl (C=O) groups excluding carboxylic acids is 2. The van der Waals surface area contributed by atoms with Crippen molar-refractivity contribution in [3.63, 3.8) is 0 Å². The van der Waals surface area contributed by atoms with Crippen molar-refractivity contribution in [2.75, 3.05) is 17.2 Å². The Kier molecular flexibility index (Phi) is 6.51. The molecule has 0 fully saturated rings. The number of carbonyl (C=O) groups is 2. The molecule has 2 N–H and O–H groups in total. The normalized spacial score (nSPS) is 10.2. The van der Waals surface area contributed by atoms with Gasteiger partial charge in [0, 0.05) is 24.7 Å². The van der Waals surface area contributed by atoms with Crippen LogP contribution >= 0.6 is 0 Å². The lowest BCUT2D eigenvalue weighted by Crippen LogP contribution is -2.13. The summed E-state index contributed by atoms with van der Waals surface area (Å²) in [6.45, 7) is 3.68. The molecule has 0 heterocycles. The van der Waals surface area contributed by atoms with E-state index in [0.717, 1.165) is 11.3 Å². The van der Waals surface area contributed by atoms with Crippen LogP contribution in [0.3, 0.4) is 0 Å². The molecule has 0 aliphatic heterocycles. The lowest BCUT2D eigenvalue weighted by atomic mass is 10.1. The fourth-order valence-electron chi connectivity index (χ4n) is 2.25. The summed E-state index contributed by atoms with van der Waals surface area (Å²) in [5.74, 6) is 0.00737. The standard InChI is InChI=1S/C19H21FN2O3/c1-13-12-16(7-10-18(13)21-14(2)23)22-19(24)4-3-11-25-17-8-5-15(20)6-9-17/h5-10,12H,3-4,11H2,1-2H3,(H,21,23)(H,22,24). The van der Waals surface area contributed by atoms with E-state index in [1.165, 1.54) is 19.1 Å². The van der Waals surface area contributed by atoms with Crippen molar-refractivity contribution in [1.82, 2.24) is 0 Å². The maximum Gasteiger partial charge on any atom is 0.224 e. The van der Waals surface area contributed by atoms with Crippen molar-refractivity contribution in [3.05, 3.63) is 53.8 Å². The van der Waals surface area contributed by atoms with Crippen LogP contribution in [0.1, 0.15) is 25.3 Å². The van der Waals surface area contributed by atoms with Crippen LogP contribution in [0.25, 0.3) is 0 Å². The highest BCUT2D eigenvalue weighted by Gasteiger charge is 2.06. The van der Waals surface area contributed by atoms with E-state index in [9.17, 15) is 14.0 Å². The molecule has 2 aromatic carbocycles. The number of amides is 2. The van der Waals surface area contributed by atoms with Gasteiger partial charge in [-0.15, -0.1) is 0 Å². The van der Waals surface area contributed by atoms with E-state index in [0.29, 0.717) is 30.9 Å². The molecular formula is C19H21FN2O3. The summed E-state index contributed by atoms with van der Waals surface area (Å²) < 4.78 is 18.2. The monoisotopic (exact) mass is 344 g/mol. The molecule has 25 heavy (non-hydrogen) atoms. The molecule has 2 amide bonds. The van der Waals surface area contributed by atoms with E-state index in [4.69, 9.17) is 4.74 Å². The Morgan fingerprint density at radius 1 is 1.08 bits per heavy atom. The summed E-state index contributed by atoms with van der Waals surface area (Å²) in [4.78, 5) is 23.0. The molecule has 0 bridgehead atoms. The number of benzene rings is 2. The second-order valence-corrected chi connectivity index (χ2v) is 5.66. The van der Waals surface area contributed by atoms with Crippen molar-refractivity contribution in [2.24, 2.45) is 0 Å². The van der Waals surface area contributed by atoms with Crippen LogP contribution in [0.15, 0.2) is 42.5 Å². The molecule has 0 unspecified atom stereocenters. The first kappa shape index (κ1) is 18.4. The van der Waals surface area contributed by atoms with Crippen LogP contribution in [0.5, 0.6) is 5.75 Å². The quantitative estimate of drug-likeness (QED) is 0.749. The van der Waals surface area contributed by atoms with Crippen LogP contribution in [0, 0.1) is 12.7 Å². The lowest BCUT2D eigenvalue weighted by Gasteiger charge is -2.10. The van der Waals surface area contributed by atoms with Gasteiger partial charge in [-0.2, -0.15) is 0 Å². The summed E-state index contributed by atoms with van der Waals surface area (Å²) >= 11 is 0. The molecule has 0 radical (unpaired) electrons. The van der Waals surface area contributed by atoms with Gasteiger partial charge in [0.05, 0.1) is 6.61 Å². The SMILES string of the molecule is CC(=O)Nc1ccc(NC(=O)CCCOc2ccc(F)cc2)cc1C. The molecule has 132 valence electrons. The van der Waals surface area contributed by atoms with Crippen molar-refractivity contribution < 1.29 is 18.7 Å². The number of ether oxygens (including phenoxy) is 1. The van der Waals surface area contributed by atoms with Crippen molar-refractivity contribution >= 4 is 23.2 Å². The molecule has 0 aromatic heterocycles. The van der Waals surface area contributed by atoms with Crippen molar-refractivity contribution in [1.29, 1.82) is 0 Å². The Bertz CT molecular complexity index is 745. The third-order valence-electron chi connectivity index (χ3n) is 3.45. The Hall–Kier alpha value is -2.89. The first-order valence-electron chi connectivity index (χ1n) is 8.00. The predicted molar refractivity (Wildman–Crippen MR) is 95.2 cm³/mol. The molecule has 2 aromatic rings. The number of hydrogen-bond donors (Lipinski definition) is 2. The Labute approximate surface area is 146 Å². The van der Waals surface area contributed by atoms with Crippen LogP contribution in [0.4, 0.5) is 15.8 Å². The molecule has 0 saturated carbocycles. The largest absolute Gasteiger partial charge is 0.494 e. The summed E-state index contributed by atoms with van der Waals surface area (Å²) in [5, 5.41) is 5.54. The van der Waals surface area contributed by atoms with Gasteiger partial charge in [-0.1, -0.05) is 0 Å². The van der Waals surface area contributed by atoms with E-state index in [1.807, 2.05) is 6.92 Å². The van der Waals surface area contributed by atoms with E-state index >= 15 is 0 Å². The predicted octanol–water partition coefficient (Wildman–Crippen LogP) is 3.89. The zero-order valence-electron chi connectivity index (χ0n) is 14.3. The Morgan fingerprint density at radius 3 is 2.44 bits per heavy atom. The second-order valence-electron chi connectivity index (χ2n) is 5.66. The minimum atomic E-state index is -0.313. The first-order chi connectivity index (χ1) is 11.9. The third kappa shape index (κ3) is 6.25. The van der Waals surface area contributed by atoms with E-state index in [2.05, 4.69) is 10.6 Å². The van der Waals surface area contributed by atoms with Crippen molar-refractivity contribution in [2.45, 2.75) is 26.7 Å². The number of hydrogen-bond acceptors (Lipinski definition) is 3. The van der Waals surface area contributed by atoms with Gasteiger partial charge in [0.1, 0.15) is 11.6 Å². The highest BCUT2D eigenvalue weighted by atomic mass is 19.1. The zero-order valence-corrected chi connectivity index (χ0v) is 14.3. The molecular weight excluding hydrogens is 323 g/mol. The summed E-state index contributed by atoms with van der Waals surface area (Å²) in [6, 6.07) is 11.1. The van der Waals surface area contributed by atoms with Gasteiger partial charge in [0.2, 0.25) is 11.8 Å². The molecule has 5 nitrogen and oxygen atoms in total. The number of aryl methyl sites for hydroxylation is 1. The Morgan fingerprint density at radius 2 is 1.80 bits per heavy atom. The zero-order chi connectivity index (χ0) is 18.2. The number of anilines is 2. The van der Waals surface area contributed by atoms with Gasteiger partial charge in [-0.3, -0.25) is 9.59 Å². The van der Waals surface area contributed by atoms with Gasteiger partial charge in [0.25, 0.3) is 0 Å². The minimum Gasteiger partial charge on any atom is -0.494 e. The summed E-state index contributed by atoms with van der Waals surface area (Å²) in [6.07, 6.45) is 0.861. The average molecular weight is 344 g/mol. The smallest absolute Gasteiger partial charge is 0.224 e. The maximum atomic E-state index is 12.8. The van der Waals surface area contributed by atoms with Crippen LogP contribution < -0.4 is 15.4 Å². The first-order valence-corrected chi connectivity index (χ1v) is 8.00. The molecule has 0 saturated heterocycles.